The van der Waals surface area contributed by atoms with E-state index in [0.29, 0.717) is 32.1 Å². The van der Waals surface area contributed by atoms with Gasteiger partial charge in [0.1, 0.15) is 24.6 Å². The van der Waals surface area contributed by atoms with E-state index in [1.54, 1.807) is 11.8 Å². The Morgan fingerprint density at radius 2 is 1.90 bits per heavy atom. The van der Waals surface area contributed by atoms with Crippen LogP contribution < -0.4 is 10.1 Å². The number of nitrogens with one attached hydrogen (secondary N) is 1. The van der Waals surface area contributed by atoms with Crippen LogP contribution >= 0.6 is 0 Å². The van der Waals surface area contributed by atoms with Gasteiger partial charge >= 0.3 is 12.1 Å². The number of amides is 2. The lowest BCUT2D eigenvalue weighted by Crippen LogP contribution is -2.65. The molecule has 1 spiro atoms. The van der Waals surface area contributed by atoms with Crippen molar-refractivity contribution in [3.63, 3.8) is 0 Å². The number of rotatable bonds is 8. The maximum absolute atomic E-state index is 13.1. The molecule has 2 saturated heterocycles. The molecule has 3 atom stereocenters. The number of likely N-dealkylation sites (tertiary alicyclic amines) is 1. The minimum absolute atomic E-state index is 0.0264. The zero-order valence-corrected chi connectivity index (χ0v) is 24.4. The lowest BCUT2D eigenvalue weighted by atomic mass is 9.82. The summed E-state index contributed by atoms with van der Waals surface area (Å²) in [5, 5.41) is 3.11. The summed E-state index contributed by atoms with van der Waals surface area (Å²) in [6.07, 6.45) is 3.83. The summed E-state index contributed by atoms with van der Waals surface area (Å²) < 4.78 is 28.6. The number of esters is 1. The molecule has 0 bridgehead atoms. The summed E-state index contributed by atoms with van der Waals surface area (Å²) in [5.41, 5.74) is -0.160. The molecule has 40 heavy (non-hydrogen) atoms. The lowest BCUT2D eigenvalue weighted by molar-refractivity contribution is -0.145. The zero-order chi connectivity index (χ0) is 28.9. The predicted octanol–water partition coefficient (Wildman–Crippen LogP) is 3.81. The number of carbonyl (C=O) groups is 3. The van der Waals surface area contributed by atoms with Crippen LogP contribution in [0.1, 0.15) is 71.3 Å². The molecule has 1 aromatic rings. The molecule has 0 aromatic heterocycles. The van der Waals surface area contributed by atoms with Gasteiger partial charge in [-0.05, 0) is 77.3 Å². The van der Waals surface area contributed by atoms with E-state index >= 15 is 0 Å². The maximum atomic E-state index is 13.1. The van der Waals surface area contributed by atoms with Gasteiger partial charge in [-0.25, -0.2) is 4.79 Å². The van der Waals surface area contributed by atoms with Gasteiger partial charge in [-0.3, -0.25) is 9.59 Å². The fourth-order valence-electron chi connectivity index (χ4n) is 5.92. The van der Waals surface area contributed by atoms with E-state index in [1.807, 2.05) is 39.0 Å². The molecule has 2 heterocycles. The molecule has 1 aromatic carbocycles. The summed E-state index contributed by atoms with van der Waals surface area (Å²) in [7, 11) is 1.38. The molecule has 1 saturated carbocycles. The minimum Gasteiger partial charge on any atom is -0.492 e. The first-order valence-corrected chi connectivity index (χ1v) is 14.3. The van der Waals surface area contributed by atoms with Crippen LogP contribution in [0.5, 0.6) is 5.75 Å². The number of nitrogens with zero attached hydrogens (tertiary/aromatic N) is 1. The third-order valence-electron chi connectivity index (χ3n) is 8.04. The molecule has 4 rings (SSSR count). The van der Waals surface area contributed by atoms with Crippen LogP contribution in [-0.2, 0) is 28.5 Å². The van der Waals surface area contributed by atoms with E-state index < -0.39 is 17.2 Å². The Morgan fingerprint density at radius 1 is 1.18 bits per heavy atom. The summed E-state index contributed by atoms with van der Waals surface area (Å²) >= 11 is 0. The normalized spacial score (nSPS) is 27.7. The Hall–Kier alpha value is -2.85. The second-order valence-electron chi connectivity index (χ2n) is 12.2. The van der Waals surface area contributed by atoms with E-state index in [0.717, 1.165) is 37.0 Å². The first kappa shape index (κ1) is 30.1. The molecule has 3 unspecified atom stereocenters. The zero-order valence-electron chi connectivity index (χ0n) is 24.4. The largest absolute Gasteiger partial charge is 0.492 e. The van der Waals surface area contributed by atoms with E-state index in [4.69, 9.17) is 23.7 Å². The summed E-state index contributed by atoms with van der Waals surface area (Å²) in [4.78, 5) is 38.8. The Labute approximate surface area is 237 Å². The number of ether oxygens (including phenoxy) is 5. The van der Waals surface area contributed by atoms with Gasteiger partial charge in [0.15, 0.2) is 0 Å². The Balaban J connectivity index is 1.36. The van der Waals surface area contributed by atoms with Crippen molar-refractivity contribution >= 4 is 18.0 Å². The number of hydrogen-bond donors (Lipinski definition) is 1. The van der Waals surface area contributed by atoms with Gasteiger partial charge in [-0.2, -0.15) is 0 Å². The molecule has 2 amide bonds. The highest BCUT2D eigenvalue weighted by atomic mass is 16.6. The first-order chi connectivity index (χ1) is 19.0. The minimum atomic E-state index is -0.680. The third-order valence-corrected chi connectivity index (χ3v) is 8.04. The van der Waals surface area contributed by atoms with Crippen molar-refractivity contribution < 1.29 is 38.1 Å². The van der Waals surface area contributed by atoms with Crippen LogP contribution in [0.25, 0.3) is 0 Å². The fraction of sp³-hybridized carbons (Fsp3) is 0.700. The fourth-order valence-corrected chi connectivity index (χ4v) is 5.92. The van der Waals surface area contributed by atoms with Crippen LogP contribution in [-0.4, -0.2) is 86.2 Å². The van der Waals surface area contributed by atoms with Gasteiger partial charge in [-0.1, -0.05) is 18.2 Å². The summed E-state index contributed by atoms with van der Waals surface area (Å²) in [6, 6.07) is 7.62. The monoisotopic (exact) mass is 560 g/mol. The number of para-hydroxylation sites is 1. The molecule has 3 aliphatic rings. The van der Waals surface area contributed by atoms with Crippen molar-refractivity contribution in [2.45, 2.75) is 89.0 Å². The smallest absolute Gasteiger partial charge is 0.410 e. The Kier molecular flexibility index (Phi) is 9.61. The second kappa shape index (κ2) is 12.8. The van der Waals surface area contributed by atoms with E-state index in [9.17, 15) is 14.4 Å². The quantitative estimate of drug-likeness (QED) is 0.478. The van der Waals surface area contributed by atoms with Gasteiger partial charge in [0.25, 0.3) is 0 Å². The third kappa shape index (κ3) is 7.26. The van der Waals surface area contributed by atoms with E-state index in [2.05, 4.69) is 11.4 Å². The predicted molar refractivity (Wildman–Crippen MR) is 147 cm³/mol. The molecular weight excluding hydrogens is 516 g/mol. The van der Waals surface area contributed by atoms with Crippen LogP contribution in [0.2, 0.25) is 0 Å². The average Bonchev–Trinajstić information content (AvgIpc) is 3.26. The molecule has 0 radical (unpaired) electrons. The van der Waals surface area contributed by atoms with Gasteiger partial charge in [0, 0.05) is 6.54 Å². The molecule has 2 aliphatic heterocycles. The number of methoxy groups -OCH3 is 1. The van der Waals surface area contributed by atoms with Crippen LogP contribution in [0.15, 0.2) is 24.3 Å². The number of hydrogen-bond acceptors (Lipinski definition) is 8. The van der Waals surface area contributed by atoms with Gasteiger partial charge < -0.3 is 33.9 Å². The standard InChI is InChI=1S/C30H44N2O8/c1-20(27(34)36-5)16-39-24-9-7-6-8-23(24)21-10-12-22(13-11-21)38-17-25-30(19-37-18-26(33)31-30)14-15-32(25)28(35)40-29(2,3)4/h6-9,20-22,25H,10-19H2,1-5H3,(H,31,33)/t20?,21-,22+,25?,30?. The van der Waals surface area contributed by atoms with Crippen molar-refractivity contribution in [1.29, 1.82) is 0 Å². The van der Waals surface area contributed by atoms with Gasteiger partial charge in [0.05, 0.1) is 43.9 Å². The molecule has 3 fully saturated rings. The van der Waals surface area contributed by atoms with E-state index in [-0.39, 0.29) is 43.2 Å². The maximum Gasteiger partial charge on any atom is 0.410 e. The number of morpholine rings is 1. The molecule has 1 aliphatic carbocycles. The lowest BCUT2D eigenvalue weighted by Gasteiger charge is -2.41. The average molecular weight is 561 g/mol. The van der Waals surface area contributed by atoms with Crippen molar-refractivity contribution in [3.05, 3.63) is 29.8 Å². The summed E-state index contributed by atoms with van der Waals surface area (Å²) in [5.74, 6) is 0.317. The number of carbonyl (C=O) groups excluding carboxylic acids is 3. The first-order valence-electron chi connectivity index (χ1n) is 14.3. The highest BCUT2D eigenvalue weighted by Crippen LogP contribution is 2.39. The highest BCUT2D eigenvalue weighted by Gasteiger charge is 2.53. The van der Waals surface area contributed by atoms with Crippen LogP contribution in [0.4, 0.5) is 4.79 Å². The van der Waals surface area contributed by atoms with Crippen molar-refractivity contribution in [1.82, 2.24) is 10.2 Å². The SMILES string of the molecule is COC(=O)C(C)COc1ccccc1[C@H]1CC[C@@H](OCC2N(C(=O)OC(C)(C)C)CCC23COCC(=O)N3)CC1. The number of benzene rings is 1. The van der Waals surface area contributed by atoms with Crippen LogP contribution in [0.3, 0.4) is 0 Å². The molecule has 222 valence electrons. The molecular formula is C30H44N2O8. The molecule has 10 heteroatoms. The van der Waals surface area contributed by atoms with Crippen molar-refractivity contribution in [2.75, 3.05) is 40.1 Å². The Morgan fingerprint density at radius 3 is 2.58 bits per heavy atom. The van der Waals surface area contributed by atoms with Gasteiger partial charge in [0.2, 0.25) is 5.91 Å². The highest BCUT2D eigenvalue weighted by molar-refractivity contribution is 5.79. The van der Waals surface area contributed by atoms with Crippen molar-refractivity contribution in [3.8, 4) is 5.75 Å². The topological polar surface area (TPSA) is 113 Å². The van der Waals surface area contributed by atoms with E-state index in [1.165, 1.54) is 7.11 Å². The summed E-state index contributed by atoms with van der Waals surface area (Å²) in [6.45, 7) is 8.70. The molecule has 10 nitrogen and oxygen atoms in total. The second-order valence-corrected chi connectivity index (χ2v) is 12.2. The van der Waals surface area contributed by atoms with Crippen LogP contribution in [0, 0.1) is 5.92 Å². The van der Waals surface area contributed by atoms with Crippen molar-refractivity contribution in [2.24, 2.45) is 5.92 Å². The Bertz CT molecular complexity index is 1050. The van der Waals surface area contributed by atoms with Gasteiger partial charge in [-0.15, -0.1) is 0 Å². The molecule has 1 N–H and O–H groups in total.